The fourth-order valence-electron chi connectivity index (χ4n) is 5.28. The number of nitrogens with zero attached hydrogens (tertiary/aromatic N) is 4. The lowest BCUT2D eigenvalue weighted by atomic mass is 9.84. The molecule has 1 fully saturated rings. The van der Waals surface area contributed by atoms with Gasteiger partial charge in [-0.1, -0.05) is 30.3 Å². The van der Waals surface area contributed by atoms with Crippen molar-refractivity contribution in [2.45, 2.75) is 25.3 Å². The first-order valence-electron chi connectivity index (χ1n) is 13.1. The molecule has 4 aromatic rings. The molecule has 6 rings (SSSR count). The third-order valence-electron chi connectivity index (χ3n) is 7.32. The minimum absolute atomic E-state index is 0.0238. The molecule has 0 amide bonds. The van der Waals surface area contributed by atoms with Gasteiger partial charge in [-0.3, -0.25) is 9.69 Å². The van der Waals surface area contributed by atoms with E-state index in [-0.39, 0.29) is 11.7 Å². The number of benzene rings is 2. The van der Waals surface area contributed by atoms with Crippen LogP contribution < -0.4 is 15.0 Å². The molecule has 38 heavy (non-hydrogen) atoms. The monoisotopic (exact) mass is 509 g/mol. The van der Waals surface area contributed by atoms with Crippen molar-refractivity contribution in [2.24, 2.45) is 0 Å². The van der Waals surface area contributed by atoms with E-state index in [2.05, 4.69) is 39.4 Å². The van der Waals surface area contributed by atoms with E-state index in [4.69, 9.17) is 19.1 Å². The zero-order valence-corrected chi connectivity index (χ0v) is 21.5. The maximum Gasteiger partial charge on any atom is 0.227 e. The molecule has 2 aromatic carbocycles. The number of ketones is 1. The number of Topliss-reactive ketones (excluding diaryl/α,β-unsaturated/α-hetero) is 1. The van der Waals surface area contributed by atoms with Crippen LogP contribution in [-0.4, -0.2) is 53.9 Å². The van der Waals surface area contributed by atoms with Crippen molar-refractivity contribution in [1.29, 1.82) is 0 Å². The summed E-state index contributed by atoms with van der Waals surface area (Å²) in [5.41, 5.74) is 3.51. The molecule has 2 aromatic heterocycles. The highest BCUT2D eigenvalue weighted by Gasteiger charge is 2.33. The Hall–Kier alpha value is -4.17. The number of carbonyl (C=O) groups is 1. The lowest BCUT2D eigenvalue weighted by Gasteiger charge is -2.35. The van der Waals surface area contributed by atoms with E-state index >= 15 is 0 Å². The zero-order chi connectivity index (χ0) is 25.9. The molecule has 1 N–H and O–H groups in total. The predicted octanol–water partition coefficient (Wildman–Crippen LogP) is 5.06. The largest absolute Gasteiger partial charge is 0.497 e. The van der Waals surface area contributed by atoms with Crippen LogP contribution in [0.4, 0.5) is 17.5 Å². The first-order chi connectivity index (χ1) is 18.7. The number of hydrogen-bond donors (Lipinski definition) is 1. The second kappa shape index (κ2) is 10.7. The number of methoxy groups -OCH3 is 1. The second-order valence-electron chi connectivity index (χ2n) is 9.84. The van der Waals surface area contributed by atoms with E-state index in [9.17, 15) is 4.79 Å². The van der Waals surface area contributed by atoms with Crippen LogP contribution in [0, 0.1) is 0 Å². The van der Waals surface area contributed by atoms with Gasteiger partial charge in [-0.25, -0.2) is 4.98 Å². The molecule has 194 valence electrons. The van der Waals surface area contributed by atoms with E-state index in [1.54, 1.807) is 13.4 Å². The molecule has 0 spiro atoms. The smallest absolute Gasteiger partial charge is 0.227 e. The van der Waals surface area contributed by atoms with Crippen molar-refractivity contribution >= 4 is 23.2 Å². The van der Waals surface area contributed by atoms with Gasteiger partial charge in [0.05, 0.1) is 24.6 Å². The first-order valence-corrected chi connectivity index (χ1v) is 13.1. The van der Waals surface area contributed by atoms with Crippen LogP contribution in [0.5, 0.6) is 5.75 Å². The van der Waals surface area contributed by atoms with Crippen LogP contribution in [0.25, 0.3) is 0 Å². The highest BCUT2D eigenvalue weighted by Crippen LogP contribution is 2.37. The third-order valence-corrected chi connectivity index (χ3v) is 7.32. The highest BCUT2D eigenvalue weighted by atomic mass is 16.5. The highest BCUT2D eigenvalue weighted by molar-refractivity contribution is 6.03. The van der Waals surface area contributed by atoms with E-state index in [0.717, 1.165) is 55.6 Å². The molecular weight excluding hydrogens is 478 g/mol. The number of nitrogens with one attached hydrogen (secondary N) is 1. The van der Waals surface area contributed by atoms with Crippen LogP contribution in [-0.2, 0) is 13.0 Å². The van der Waals surface area contributed by atoms with Crippen molar-refractivity contribution in [1.82, 2.24) is 14.9 Å². The minimum atomic E-state index is -0.0238. The molecule has 2 aliphatic rings. The van der Waals surface area contributed by atoms with E-state index in [0.29, 0.717) is 30.2 Å². The standard InChI is InChI=1S/C30H31N5O3/c1-37-24-11-9-23(10-12-24)31-29-28-25(18-22(19-26(28)36)27-8-5-17-38-27)32-30(33-29)35-15-13-34(14-16-35)20-21-6-3-2-4-7-21/h2-12,17,22H,13-16,18-20H2,1H3,(H,31,32,33). The van der Waals surface area contributed by atoms with Gasteiger partial charge in [-0.15, -0.1) is 0 Å². The van der Waals surface area contributed by atoms with Gasteiger partial charge >= 0.3 is 0 Å². The van der Waals surface area contributed by atoms with Gasteiger partial charge in [-0.05, 0) is 42.0 Å². The SMILES string of the molecule is COc1ccc(Nc2nc(N3CCN(Cc4ccccc4)CC3)nc3c2C(=O)CC(c2ccco2)C3)cc1. The fourth-order valence-corrected chi connectivity index (χ4v) is 5.28. The minimum Gasteiger partial charge on any atom is -0.497 e. The summed E-state index contributed by atoms with van der Waals surface area (Å²) in [4.78, 5) is 27.9. The molecule has 1 aliphatic carbocycles. The van der Waals surface area contributed by atoms with Crippen LogP contribution in [0.15, 0.2) is 77.4 Å². The number of hydrogen-bond acceptors (Lipinski definition) is 8. The zero-order valence-electron chi connectivity index (χ0n) is 21.5. The van der Waals surface area contributed by atoms with Gasteiger partial charge < -0.3 is 19.4 Å². The van der Waals surface area contributed by atoms with Gasteiger partial charge in [0, 0.05) is 57.2 Å². The van der Waals surface area contributed by atoms with Gasteiger partial charge in [-0.2, -0.15) is 4.98 Å². The molecule has 8 nitrogen and oxygen atoms in total. The molecule has 0 bridgehead atoms. The number of anilines is 3. The van der Waals surface area contributed by atoms with Gasteiger partial charge in [0.15, 0.2) is 5.78 Å². The van der Waals surface area contributed by atoms with Crippen LogP contribution >= 0.6 is 0 Å². The Kier molecular flexibility index (Phi) is 6.79. The maximum absolute atomic E-state index is 13.4. The second-order valence-corrected chi connectivity index (χ2v) is 9.84. The number of rotatable bonds is 7. The predicted molar refractivity (Wildman–Crippen MR) is 146 cm³/mol. The summed E-state index contributed by atoms with van der Waals surface area (Å²) in [7, 11) is 1.64. The molecule has 1 saturated heterocycles. The molecule has 1 unspecified atom stereocenters. The summed E-state index contributed by atoms with van der Waals surface area (Å²) in [6.45, 7) is 4.42. The summed E-state index contributed by atoms with van der Waals surface area (Å²) in [6.07, 6.45) is 2.67. The summed E-state index contributed by atoms with van der Waals surface area (Å²) in [5.74, 6) is 2.82. The quantitative estimate of drug-likeness (QED) is 0.370. The number of fused-ring (bicyclic) bond motifs is 1. The Balaban J connectivity index is 1.27. The van der Waals surface area contributed by atoms with E-state index < -0.39 is 0 Å². The topological polar surface area (TPSA) is 83.7 Å². The van der Waals surface area contributed by atoms with E-state index in [1.165, 1.54) is 5.56 Å². The lowest BCUT2D eigenvalue weighted by molar-refractivity contribution is 0.0959. The van der Waals surface area contributed by atoms with Crippen LogP contribution in [0.2, 0.25) is 0 Å². The third kappa shape index (κ3) is 5.13. The fraction of sp³-hybridized carbons (Fsp3) is 0.300. The number of ether oxygens (including phenoxy) is 1. The van der Waals surface area contributed by atoms with Crippen molar-refractivity contribution in [2.75, 3.05) is 43.5 Å². The Morgan fingerprint density at radius 1 is 0.947 bits per heavy atom. The Morgan fingerprint density at radius 2 is 1.74 bits per heavy atom. The average Bonchev–Trinajstić information content (AvgIpc) is 3.49. The number of furan rings is 1. The van der Waals surface area contributed by atoms with Crippen LogP contribution in [0.1, 0.15) is 39.7 Å². The Morgan fingerprint density at radius 3 is 2.45 bits per heavy atom. The van der Waals surface area contributed by atoms with Crippen molar-refractivity contribution < 1.29 is 13.9 Å². The van der Waals surface area contributed by atoms with Crippen molar-refractivity contribution in [3.63, 3.8) is 0 Å². The lowest BCUT2D eigenvalue weighted by Crippen LogP contribution is -2.46. The summed E-state index contributed by atoms with van der Waals surface area (Å²) >= 11 is 0. The number of aromatic nitrogens is 2. The van der Waals surface area contributed by atoms with Crippen molar-refractivity contribution in [3.05, 3.63) is 95.6 Å². The molecule has 0 saturated carbocycles. The van der Waals surface area contributed by atoms with Gasteiger partial charge in [0.1, 0.15) is 17.3 Å². The summed E-state index contributed by atoms with van der Waals surface area (Å²) in [6, 6.07) is 22.0. The van der Waals surface area contributed by atoms with Gasteiger partial charge in [0.2, 0.25) is 5.95 Å². The molecular formula is C30H31N5O3. The molecule has 1 atom stereocenters. The molecule has 3 heterocycles. The Bertz CT molecular complexity index is 1380. The average molecular weight is 510 g/mol. The normalized spacial score (nSPS) is 17.8. The Labute approximate surface area is 222 Å². The number of piperazine rings is 1. The van der Waals surface area contributed by atoms with Crippen molar-refractivity contribution in [3.8, 4) is 5.75 Å². The summed E-state index contributed by atoms with van der Waals surface area (Å²) in [5, 5.41) is 3.40. The molecule has 0 radical (unpaired) electrons. The summed E-state index contributed by atoms with van der Waals surface area (Å²) < 4.78 is 10.9. The molecule has 1 aliphatic heterocycles. The van der Waals surface area contributed by atoms with Gasteiger partial charge in [0.25, 0.3) is 0 Å². The first kappa shape index (κ1) is 24.2. The van der Waals surface area contributed by atoms with Crippen LogP contribution in [0.3, 0.4) is 0 Å². The molecule has 8 heteroatoms. The van der Waals surface area contributed by atoms with E-state index in [1.807, 2.05) is 42.5 Å². The maximum atomic E-state index is 13.4. The number of carbonyl (C=O) groups excluding carboxylic acids is 1.